The van der Waals surface area contributed by atoms with Gasteiger partial charge in [-0.25, -0.2) is 4.79 Å². The molecule has 1 fully saturated rings. The average Bonchev–Trinajstić information content (AvgIpc) is 2.17. The van der Waals surface area contributed by atoms with Gasteiger partial charge in [-0.05, 0) is 0 Å². The molecule has 0 radical (unpaired) electrons. The van der Waals surface area contributed by atoms with Crippen LogP contribution in [0.5, 0.6) is 0 Å². The number of carboxylic acids is 1. The lowest BCUT2D eigenvalue weighted by Crippen LogP contribution is -2.46. The first-order valence-electron chi connectivity index (χ1n) is 4.75. The summed E-state index contributed by atoms with van der Waals surface area (Å²) in [5.74, 6) is -2.99. The summed E-state index contributed by atoms with van der Waals surface area (Å²) in [4.78, 5) is 21.4. The van der Waals surface area contributed by atoms with Crippen LogP contribution in [0.4, 0.5) is 13.2 Å². The topological polar surface area (TPSA) is 95.7 Å². The molecular weight excluding hydrogens is 243 g/mol. The molecule has 0 aliphatic carbocycles. The number of halogens is 3. The summed E-state index contributed by atoms with van der Waals surface area (Å²) in [6.45, 7) is 4.20. The van der Waals surface area contributed by atoms with Crippen LogP contribution in [-0.4, -0.2) is 60.8 Å². The van der Waals surface area contributed by atoms with Crippen molar-refractivity contribution in [3.05, 3.63) is 0 Å². The van der Waals surface area contributed by atoms with E-state index in [4.69, 9.17) is 15.6 Å². The molecule has 0 bridgehead atoms. The van der Waals surface area contributed by atoms with Gasteiger partial charge in [0.25, 0.3) is 0 Å². The normalized spacial score (nSPS) is 16.9. The lowest BCUT2D eigenvalue weighted by molar-refractivity contribution is -0.192. The van der Waals surface area contributed by atoms with E-state index in [0.717, 1.165) is 26.2 Å². The first kappa shape index (κ1) is 15.7. The number of piperazine rings is 1. The van der Waals surface area contributed by atoms with Gasteiger partial charge < -0.3 is 16.2 Å². The molecule has 0 unspecified atom stereocenters. The second-order valence-electron chi connectivity index (χ2n) is 3.30. The molecule has 1 aliphatic rings. The fourth-order valence-corrected chi connectivity index (χ4v) is 1.09. The average molecular weight is 257 g/mol. The highest BCUT2D eigenvalue weighted by atomic mass is 19.4. The Bertz CT molecular complexity index is 264. The number of rotatable bonds is 2. The fourth-order valence-electron chi connectivity index (χ4n) is 1.09. The van der Waals surface area contributed by atoms with Crippen molar-refractivity contribution < 1.29 is 27.9 Å². The number of carboxylic acid groups (broad SMARTS) is 1. The van der Waals surface area contributed by atoms with Gasteiger partial charge >= 0.3 is 12.1 Å². The standard InChI is InChI=1S/C6H13N3O.C2HF3O2/c7-6(10)5-9-3-1-8-2-4-9;3-2(4,5)1(6)7/h8H,1-5H2,(H2,7,10);(H,6,7). The van der Waals surface area contributed by atoms with E-state index in [0.29, 0.717) is 6.54 Å². The van der Waals surface area contributed by atoms with Crippen LogP contribution in [0.2, 0.25) is 0 Å². The van der Waals surface area contributed by atoms with Gasteiger partial charge in [-0.1, -0.05) is 0 Å². The first-order valence-corrected chi connectivity index (χ1v) is 4.75. The van der Waals surface area contributed by atoms with Crippen LogP contribution >= 0.6 is 0 Å². The molecule has 4 N–H and O–H groups in total. The quantitative estimate of drug-likeness (QED) is 0.590. The Morgan fingerprint density at radius 3 is 2.00 bits per heavy atom. The number of amides is 1. The van der Waals surface area contributed by atoms with E-state index in [2.05, 4.69) is 10.2 Å². The van der Waals surface area contributed by atoms with Crippen LogP contribution in [0.1, 0.15) is 0 Å². The van der Waals surface area contributed by atoms with Gasteiger partial charge in [0, 0.05) is 26.2 Å². The third kappa shape index (κ3) is 8.46. The monoisotopic (exact) mass is 257 g/mol. The van der Waals surface area contributed by atoms with Crippen molar-refractivity contribution in [1.29, 1.82) is 0 Å². The van der Waals surface area contributed by atoms with Gasteiger partial charge in [-0.15, -0.1) is 0 Å². The molecule has 9 heteroatoms. The molecule has 0 spiro atoms. The molecule has 1 heterocycles. The summed E-state index contributed by atoms with van der Waals surface area (Å²) in [6, 6.07) is 0. The molecule has 6 nitrogen and oxygen atoms in total. The molecule has 100 valence electrons. The van der Waals surface area contributed by atoms with Crippen LogP contribution in [0, 0.1) is 0 Å². The van der Waals surface area contributed by atoms with E-state index in [1.165, 1.54) is 0 Å². The van der Waals surface area contributed by atoms with Crippen LogP contribution in [-0.2, 0) is 9.59 Å². The van der Waals surface area contributed by atoms with Crippen molar-refractivity contribution in [3.8, 4) is 0 Å². The number of nitrogens with one attached hydrogen (secondary N) is 1. The number of hydrogen-bond acceptors (Lipinski definition) is 4. The number of nitrogens with zero attached hydrogens (tertiary/aromatic N) is 1. The minimum Gasteiger partial charge on any atom is -0.475 e. The number of nitrogens with two attached hydrogens (primary N) is 1. The summed E-state index contributed by atoms with van der Waals surface area (Å²) in [5, 5.41) is 10.3. The Morgan fingerprint density at radius 1 is 1.29 bits per heavy atom. The molecule has 0 saturated carbocycles. The maximum absolute atomic E-state index is 10.6. The number of carbonyl (C=O) groups is 2. The van der Waals surface area contributed by atoms with Crippen LogP contribution < -0.4 is 11.1 Å². The molecule has 1 aliphatic heterocycles. The molecule has 0 aromatic heterocycles. The molecule has 17 heavy (non-hydrogen) atoms. The highest BCUT2D eigenvalue weighted by Gasteiger charge is 2.38. The largest absolute Gasteiger partial charge is 0.490 e. The number of hydrogen-bond donors (Lipinski definition) is 3. The third-order valence-electron chi connectivity index (χ3n) is 1.83. The maximum atomic E-state index is 10.6. The Kier molecular flexibility index (Phi) is 6.51. The molecular formula is C8H14F3N3O3. The summed E-state index contributed by atoms with van der Waals surface area (Å²) >= 11 is 0. The van der Waals surface area contributed by atoms with Gasteiger partial charge in [0.2, 0.25) is 5.91 Å². The smallest absolute Gasteiger partial charge is 0.475 e. The minimum atomic E-state index is -5.08. The lowest BCUT2D eigenvalue weighted by Gasteiger charge is -2.25. The second-order valence-corrected chi connectivity index (χ2v) is 3.30. The van der Waals surface area contributed by atoms with E-state index >= 15 is 0 Å². The molecule has 1 saturated heterocycles. The summed E-state index contributed by atoms with van der Waals surface area (Å²) < 4.78 is 31.7. The van der Waals surface area contributed by atoms with Crippen molar-refractivity contribution in [3.63, 3.8) is 0 Å². The SMILES string of the molecule is NC(=O)CN1CCNCC1.O=C(O)C(F)(F)F. The Labute approximate surface area is 95.6 Å². The van der Waals surface area contributed by atoms with Crippen LogP contribution in [0.25, 0.3) is 0 Å². The van der Waals surface area contributed by atoms with Crippen molar-refractivity contribution >= 4 is 11.9 Å². The molecule has 1 amide bonds. The molecule has 0 atom stereocenters. The summed E-state index contributed by atoms with van der Waals surface area (Å²) in [5.41, 5.74) is 5.02. The van der Waals surface area contributed by atoms with Gasteiger partial charge in [0.15, 0.2) is 0 Å². The van der Waals surface area contributed by atoms with E-state index in [-0.39, 0.29) is 5.91 Å². The summed E-state index contributed by atoms with van der Waals surface area (Å²) in [6.07, 6.45) is -5.08. The van der Waals surface area contributed by atoms with Crippen LogP contribution in [0.3, 0.4) is 0 Å². The molecule has 1 rings (SSSR count). The predicted octanol–water partition coefficient (Wildman–Crippen LogP) is -0.990. The summed E-state index contributed by atoms with van der Waals surface area (Å²) in [7, 11) is 0. The van der Waals surface area contributed by atoms with Crippen molar-refractivity contribution in [2.24, 2.45) is 5.73 Å². The number of alkyl halides is 3. The van der Waals surface area contributed by atoms with E-state index in [1.807, 2.05) is 0 Å². The Balaban J connectivity index is 0.000000325. The van der Waals surface area contributed by atoms with Gasteiger partial charge in [-0.3, -0.25) is 9.69 Å². The fraction of sp³-hybridized carbons (Fsp3) is 0.750. The van der Waals surface area contributed by atoms with E-state index in [1.54, 1.807) is 0 Å². The van der Waals surface area contributed by atoms with Gasteiger partial charge in [-0.2, -0.15) is 13.2 Å². The predicted molar refractivity (Wildman–Crippen MR) is 52.2 cm³/mol. The zero-order valence-corrected chi connectivity index (χ0v) is 8.96. The highest BCUT2D eigenvalue weighted by Crippen LogP contribution is 2.13. The molecule has 0 aromatic rings. The third-order valence-corrected chi connectivity index (χ3v) is 1.83. The van der Waals surface area contributed by atoms with Gasteiger partial charge in [0.05, 0.1) is 6.54 Å². The van der Waals surface area contributed by atoms with Crippen molar-refractivity contribution in [1.82, 2.24) is 10.2 Å². The number of carbonyl (C=O) groups excluding carboxylic acids is 1. The van der Waals surface area contributed by atoms with E-state index < -0.39 is 12.1 Å². The van der Waals surface area contributed by atoms with Crippen LogP contribution in [0.15, 0.2) is 0 Å². The number of aliphatic carboxylic acids is 1. The molecule has 0 aromatic carbocycles. The van der Waals surface area contributed by atoms with Gasteiger partial charge in [0.1, 0.15) is 0 Å². The number of primary amides is 1. The highest BCUT2D eigenvalue weighted by molar-refractivity contribution is 5.75. The lowest BCUT2D eigenvalue weighted by atomic mass is 10.3. The zero-order chi connectivity index (χ0) is 13.5. The van der Waals surface area contributed by atoms with Crippen molar-refractivity contribution in [2.45, 2.75) is 6.18 Å². The van der Waals surface area contributed by atoms with Crippen molar-refractivity contribution in [2.75, 3.05) is 32.7 Å². The Hall–Kier alpha value is -1.35. The van der Waals surface area contributed by atoms with E-state index in [9.17, 15) is 18.0 Å². The maximum Gasteiger partial charge on any atom is 0.490 e. The second kappa shape index (κ2) is 7.07. The zero-order valence-electron chi connectivity index (χ0n) is 8.96. The first-order chi connectivity index (χ1) is 7.73. The minimum absolute atomic E-state index is 0.234. The Morgan fingerprint density at radius 2 is 1.71 bits per heavy atom.